The first-order valence-electron chi connectivity index (χ1n) is 4.95. The van der Waals surface area contributed by atoms with Crippen LogP contribution in [0.4, 0.5) is 18.9 Å². The number of thiocarbonyl (C=S) groups is 1. The van der Waals surface area contributed by atoms with Gasteiger partial charge in [-0.25, -0.2) is 13.2 Å². The lowest BCUT2D eigenvalue weighted by Gasteiger charge is -2.05. The molecule has 0 radical (unpaired) electrons. The molecule has 0 aliphatic carbocycles. The van der Waals surface area contributed by atoms with Crippen LogP contribution in [-0.4, -0.2) is 5.16 Å². The Bertz CT molecular complexity index is 625. The van der Waals surface area contributed by atoms with E-state index in [1.54, 1.807) is 6.07 Å². The van der Waals surface area contributed by atoms with Gasteiger partial charge in [0.05, 0.1) is 5.16 Å². The fraction of sp³-hybridized carbons (Fsp3) is 0. The maximum Gasteiger partial charge on any atom is 0.153 e. The summed E-state index contributed by atoms with van der Waals surface area (Å²) in [4.78, 5) is 3.28. The van der Waals surface area contributed by atoms with Crippen LogP contribution in [0.25, 0.3) is 11.1 Å². The molecule has 0 atom stereocenters. The molecule has 18 heavy (non-hydrogen) atoms. The van der Waals surface area contributed by atoms with Crippen molar-refractivity contribution in [2.24, 2.45) is 4.99 Å². The van der Waals surface area contributed by atoms with E-state index in [9.17, 15) is 13.2 Å². The lowest BCUT2D eigenvalue weighted by Crippen LogP contribution is -1.89. The Morgan fingerprint density at radius 3 is 2.11 bits per heavy atom. The number of benzene rings is 2. The summed E-state index contributed by atoms with van der Waals surface area (Å²) in [7, 11) is 0. The van der Waals surface area contributed by atoms with Crippen LogP contribution < -0.4 is 0 Å². The maximum absolute atomic E-state index is 13.6. The largest absolute Gasteiger partial charge is 0.206 e. The van der Waals surface area contributed by atoms with Crippen molar-refractivity contribution in [3.8, 4) is 11.1 Å². The second-order valence-electron chi connectivity index (χ2n) is 3.47. The number of aliphatic imine (C=N–C) groups is 1. The highest BCUT2D eigenvalue weighted by Gasteiger charge is 2.13. The molecule has 0 spiro atoms. The quantitative estimate of drug-likeness (QED) is 0.575. The van der Waals surface area contributed by atoms with Crippen LogP contribution in [0, 0.1) is 17.5 Å². The molecule has 2 aromatic rings. The first kappa shape index (κ1) is 12.5. The van der Waals surface area contributed by atoms with Crippen molar-refractivity contribution in [1.82, 2.24) is 0 Å². The third-order valence-electron chi connectivity index (χ3n) is 2.36. The zero-order valence-electron chi connectivity index (χ0n) is 8.95. The number of nitrogens with zero attached hydrogens (tertiary/aromatic N) is 1. The molecule has 0 bridgehead atoms. The Balaban J connectivity index is 2.62. The summed E-state index contributed by atoms with van der Waals surface area (Å²) in [6, 6.07) is 7.74. The molecule has 1 nitrogen and oxygen atoms in total. The van der Waals surface area contributed by atoms with E-state index >= 15 is 0 Å². The minimum absolute atomic E-state index is 0.103. The van der Waals surface area contributed by atoms with Crippen LogP contribution in [-0.2, 0) is 0 Å². The minimum atomic E-state index is -0.911. The summed E-state index contributed by atoms with van der Waals surface area (Å²) in [6.07, 6.45) is 0. The van der Waals surface area contributed by atoms with Crippen molar-refractivity contribution >= 4 is 23.1 Å². The van der Waals surface area contributed by atoms with E-state index in [4.69, 9.17) is 0 Å². The van der Waals surface area contributed by atoms with Gasteiger partial charge in [-0.15, -0.1) is 0 Å². The minimum Gasteiger partial charge on any atom is -0.206 e. The Kier molecular flexibility index (Phi) is 3.55. The van der Waals surface area contributed by atoms with Crippen molar-refractivity contribution in [3.05, 3.63) is 53.8 Å². The van der Waals surface area contributed by atoms with Gasteiger partial charge in [0.2, 0.25) is 0 Å². The molecule has 0 saturated heterocycles. The third kappa shape index (κ3) is 2.32. The lowest BCUT2D eigenvalue weighted by atomic mass is 10.0. The molecule has 90 valence electrons. The molecule has 0 aliphatic rings. The maximum atomic E-state index is 13.6. The monoisotopic (exact) mass is 265 g/mol. The highest BCUT2D eigenvalue weighted by atomic mass is 32.1. The predicted molar refractivity (Wildman–Crippen MR) is 66.4 cm³/mol. The van der Waals surface area contributed by atoms with Crippen LogP contribution in [0.5, 0.6) is 0 Å². The Labute approximate surface area is 107 Å². The van der Waals surface area contributed by atoms with Crippen LogP contribution in [0.3, 0.4) is 0 Å². The molecule has 0 saturated carbocycles. The van der Waals surface area contributed by atoms with Gasteiger partial charge in [-0.05, 0) is 36.0 Å². The molecule has 0 heterocycles. The molecule has 0 aromatic heterocycles. The average Bonchev–Trinajstić information content (AvgIpc) is 2.34. The van der Waals surface area contributed by atoms with Gasteiger partial charge in [0.25, 0.3) is 0 Å². The smallest absolute Gasteiger partial charge is 0.153 e. The summed E-state index contributed by atoms with van der Waals surface area (Å²) in [5.41, 5.74) is -0.301. The highest BCUT2D eigenvalue weighted by molar-refractivity contribution is 7.78. The Morgan fingerprint density at radius 1 is 0.944 bits per heavy atom. The second-order valence-corrected chi connectivity index (χ2v) is 3.65. The molecule has 2 aromatic carbocycles. The molecule has 5 heteroatoms. The van der Waals surface area contributed by atoms with Crippen molar-refractivity contribution in [3.63, 3.8) is 0 Å². The van der Waals surface area contributed by atoms with E-state index in [0.717, 1.165) is 12.1 Å². The fourth-order valence-electron chi connectivity index (χ4n) is 1.57. The van der Waals surface area contributed by atoms with Gasteiger partial charge in [0.15, 0.2) is 11.6 Å². The van der Waals surface area contributed by atoms with Crippen LogP contribution in [0.1, 0.15) is 0 Å². The zero-order valence-corrected chi connectivity index (χ0v) is 9.77. The van der Waals surface area contributed by atoms with E-state index < -0.39 is 23.1 Å². The molecule has 0 aliphatic heterocycles. The van der Waals surface area contributed by atoms with E-state index in [2.05, 4.69) is 17.2 Å². The van der Waals surface area contributed by atoms with Gasteiger partial charge in [-0.3, -0.25) is 0 Å². The average molecular weight is 265 g/mol. The summed E-state index contributed by atoms with van der Waals surface area (Å²) in [5, 5.41) is 1.89. The topological polar surface area (TPSA) is 12.4 Å². The summed E-state index contributed by atoms with van der Waals surface area (Å²) >= 11 is 4.29. The second kappa shape index (κ2) is 5.12. The summed E-state index contributed by atoms with van der Waals surface area (Å²) < 4.78 is 40.6. The van der Waals surface area contributed by atoms with Crippen LogP contribution >= 0.6 is 12.2 Å². The Morgan fingerprint density at radius 2 is 1.56 bits per heavy atom. The number of hydrogen-bond acceptors (Lipinski definition) is 2. The van der Waals surface area contributed by atoms with E-state index in [0.29, 0.717) is 0 Å². The number of rotatable bonds is 2. The van der Waals surface area contributed by atoms with Crippen LogP contribution in [0.15, 0.2) is 41.4 Å². The van der Waals surface area contributed by atoms with E-state index in [-0.39, 0.29) is 11.1 Å². The van der Waals surface area contributed by atoms with Gasteiger partial charge in [-0.1, -0.05) is 18.2 Å². The lowest BCUT2D eigenvalue weighted by molar-refractivity contribution is 0.588. The molecular formula is C13H6F3NS. The molecule has 0 N–H and O–H groups in total. The fourth-order valence-corrected chi connectivity index (χ4v) is 1.66. The van der Waals surface area contributed by atoms with Gasteiger partial charge < -0.3 is 0 Å². The number of halogens is 3. The van der Waals surface area contributed by atoms with Gasteiger partial charge >= 0.3 is 0 Å². The standard InChI is InChI=1S/C13H6F3NS/c14-10-4-2-1-3-9(10)8-5-11(15)13(17-7-18)12(16)6-8/h1-6H. The van der Waals surface area contributed by atoms with Gasteiger partial charge in [0.1, 0.15) is 11.5 Å². The molecule has 0 amide bonds. The normalized spacial score (nSPS) is 9.94. The number of isothiocyanates is 1. The first-order chi connectivity index (χ1) is 8.63. The third-order valence-corrected chi connectivity index (χ3v) is 2.45. The van der Waals surface area contributed by atoms with Gasteiger partial charge in [-0.2, -0.15) is 4.99 Å². The summed E-state index contributed by atoms with van der Waals surface area (Å²) in [5.74, 6) is -2.38. The van der Waals surface area contributed by atoms with E-state index in [1.165, 1.54) is 18.2 Å². The van der Waals surface area contributed by atoms with Crippen molar-refractivity contribution in [1.29, 1.82) is 0 Å². The molecular weight excluding hydrogens is 259 g/mol. The molecule has 0 fully saturated rings. The zero-order chi connectivity index (χ0) is 13.1. The predicted octanol–water partition coefficient (Wildman–Crippen LogP) is 4.51. The summed E-state index contributed by atoms with van der Waals surface area (Å²) in [6.45, 7) is 0. The first-order valence-corrected chi connectivity index (χ1v) is 5.36. The molecule has 2 rings (SSSR count). The van der Waals surface area contributed by atoms with Crippen molar-refractivity contribution in [2.45, 2.75) is 0 Å². The molecule has 0 unspecified atom stereocenters. The van der Waals surface area contributed by atoms with Crippen LogP contribution in [0.2, 0.25) is 0 Å². The van der Waals surface area contributed by atoms with Crippen molar-refractivity contribution in [2.75, 3.05) is 0 Å². The SMILES string of the molecule is Fc1ccccc1-c1cc(F)c(N=C=S)c(F)c1. The van der Waals surface area contributed by atoms with Crippen molar-refractivity contribution < 1.29 is 13.2 Å². The van der Waals surface area contributed by atoms with Gasteiger partial charge in [0, 0.05) is 5.56 Å². The number of hydrogen-bond donors (Lipinski definition) is 0. The highest BCUT2D eigenvalue weighted by Crippen LogP contribution is 2.30. The Hall–Kier alpha value is -1.97. The van der Waals surface area contributed by atoms with E-state index in [1.807, 2.05) is 5.16 Å².